The number of benzene rings is 2. The zero-order valence-electron chi connectivity index (χ0n) is 21.1. The molecule has 1 aromatic heterocycles. The molecule has 0 fully saturated rings. The minimum absolute atomic E-state index is 0.0222. The summed E-state index contributed by atoms with van der Waals surface area (Å²) >= 11 is 0. The molecule has 2 aromatic carbocycles. The van der Waals surface area contributed by atoms with Gasteiger partial charge in [0.05, 0.1) is 24.8 Å². The molecule has 1 aliphatic carbocycles. The van der Waals surface area contributed by atoms with Crippen LogP contribution in [0.1, 0.15) is 58.8 Å². The number of fused-ring (bicyclic) bond motifs is 2. The lowest BCUT2D eigenvalue weighted by atomic mass is 9.91. The molecule has 0 spiro atoms. The van der Waals surface area contributed by atoms with Crippen LogP contribution in [-0.4, -0.2) is 38.2 Å². The summed E-state index contributed by atoms with van der Waals surface area (Å²) in [5.74, 6) is -4.49. The molecule has 1 amide bonds. The van der Waals surface area contributed by atoms with Crippen molar-refractivity contribution < 1.29 is 44.7 Å². The van der Waals surface area contributed by atoms with Crippen LogP contribution in [-0.2, 0) is 41.6 Å². The zero-order valence-corrected chi connectivity index (χ0v) is 21.1. The molecule has 3 atom stereocenters. The standard InChI is InChI=1S/C26H23F8N5O2/c27-18-7-15-16(20(35)10-23(40)38-5-6-39-22(11-38)36-37-24(39)26(32,33)34)9-21(17(15)8-19(18)28)41-12-13-1-3-14(4-2-13)25(29,30)31/h1-4,7-8,16,20-21H,5-6,9-12,35H2. The Hall–Kier alpha value is -3.59. The quantitative estimate of drug-likeness (QED) is 0.405. The summed E-state index contributed by atoms with van der Waals surface area (Å²) in [4.78, 5) is 14.3. The lowest BCUT2D eigenvalue weighted by Crippen LogP contribution is -2.42. The lowest BCUT2D eigenvalue weighted by molar-refractivity contribution is -0.148. The van der Waals surface area contributed by atoms with Gasteiger partial charge in [-0.15, -0.1) is 10.2 Å². The van der Waals surface area contributed by atoms with Gasteiger partial charge in [0.15, 0.2) is 17.5 Å². The second-order valence-corrected chi connectivity index (χ2v) is 10.0. The van der Waals surface area contributed by atoms with Crippen LogP contribution in [0.15, 0.2) is 36.4 Å². The first-order valence-electron chi connectivity index (χ1n) is 12.5. The maximum absolute atomic E-state index is 14.2. The van der Waals surface area contributed by atoms with Crippen molar-refractivity contribution in [2.24, 2.45) is 5.73 Å². The van der Waals surface area contributed by atoms with Gasteiger partial charge in [0.1, 0.15) is 0 Å². The lowest BCUT2D eigenvalue weighted by Gasteiger charge is -2.30. The number of halogens is 8. The Morgan fingerprint density at radius 3 is 2.27 bits per heavy atom. The molecule has 15 heteroatoms. The van der Waals surface area contributed by atoms with Crippen LogP contribution in [0, 0.1) is 11.6 Å². The normalized spacial score (nSPS) is 19.7. The van der Waals surface area contributed by atoms with Crippen LogP contribution in [0.2, 0.25) is 0 Å². The number of aromatic nitrogens is 3. The molecular weight excluding hydrogens is 566 g/mol. The average Bonchev–Trinajstić information content (AvgIpc) is 3.48. The molecule has 41 heavy (non-hydrogen) atoms. The average molecular weight is 589 g/mol. The van der Waals surface area contributed by atoms with E-state index in [-0.39, 0.29) is 44.9 Å². The highest BCUT2D eigenvalue weighted by molar-refractivity contribution is 5.77. The largest absolute Gasteiger partial charge is 0.451 e. The van der Waals surface area contributed by atoms with Crippen molar-refractivity contribution in [1.82, 2.24) is 19.7 Å². The van der Waals surface area contributed by atoms with E-state index in [9.17, 15) is 39.9 Å². The molecule has 5 rings (SSSR count). The predicted octanol–water partition coefficient (Wildman–Crippen LogP) is 5.10. The second-order valence-electron chi connectivity index (χ2n) is 10.0. The number of ether oxygens (including phenoxy) is 1. The monoisotopic (exact) mass is 589 g/mol. The van der Waals surface area contributed by atoms with Crippen molar-refractivity contribution in [2.75, 3.05) is 6.54 Å². The van der Waals surface area contributed by atoms with Crippen molar-refractivity contribution in [3.8, 4) is 0 Å². The van der Waals surface area contributed by atoms with E-state index < -0.39 is 59.3 Å². The molecule has 220 valence electrons. The van der Waals surface area contributed by atoms with Crippen LogP contribution in [0.25, 0.3) is 0 Å². The number of carbonyl (C=O) groups is 1. The first kappa shape index (κ1) is 28.9. The first-order valence-corrected chi connectivity index (χ1v) is 12.5. The highest BCUT2D eigenvalue weighted by atomic mass is 19.4. The van der Waals surface area contributed by atoms with E-state index in [4.69, 9.17) is 10.5 Å². The summed E-state index contributed by atoms with van der Waals surface area (Å²) in [6, 6.07) is 5.42. The third kappa shape index (κ3) is 5.91. The van der Waals surface area contributed by atoms with Gasteiger partial charge < -0.3 is 19.9 Å². The van der Waals surface area contributed by atoms with E-state index in [1.54, 1.807) is 0 Å². The minimum Gasteiger partial charge on any atom is -0.369 e. The number of alkyl halides is 6. The first-order chi connectivity index (χ1) is 19.2. The van der Waals surface area contributed by atoms with Crippen LogP contribution in [0.3, 0.4) is 0 Å². The third-order valence-corrected chi connectivity index (χ3v) is 7.36. The van der Waals surface area contributed by atoms with Crippen LogP contribution in [0.4, 0.5) is 35.1 Å². The van der Waals surface area contributed by atoms with E-state index >= 15 is 0 Å². The Morgan fingerprint density at radius 2 is 1.63 bits per heavy atom. The number of rotatable bonds is 6. The molecule has 7 nitrogen and oxygen atoms in total. The van der Waals surface area contributed by atoms with Crippen molar-refractivity contribution >= 4 is 5.91 Å². The van der Waals surface area contributed by atoms with E-state index in [1.165, 1.54) is 17.0 Å². The van der Waals surface area contributed by atoms with Crippen LogP contribution >= 0.6 is 0 Å². The number of carbonyl (C=O) groups excluding carboxylic acids is 1. The SMILES string of the molecule is NC(CC(=O)N1CCn2c(nnc2C(F)(F)F)C1)C1CC(OCc2ccc(C(F)(F)F)cc2)c2cc(F)c(F)cc21. The number of nitrogens with two attached hydrogens (primary N) is 1. The summed E-state index contributed by atoms with van der Waals surface area (Å²) in [6.07, 6.45) is -10.0. The zero-order chi connectivity index (χ0) is 29.7. The molecule has 0 saturated carbocycles. The molecule has 0 radical (unpaired) electrons. The van der Waals surface area contributed by atoms with E-state index in [0.717, 1.165) is 28.8 Å². The van der Waals surface area contributed by atoms with E-state index in [1.807, 2.05) is 0 Å². The second kappa shape index (κ2) is 10.7. The topological polar surface area (TPSA) is 86.3 Å². The summed E-state index contributed by atoms with van der Waals surface area (Å²) in [7, 11) is 0. The van der Waals surface area contributed by atoms with Gasteiger partial charge in [-0.2, -0.15) is 26.3 Å². The van der Waals surface area contributed by atoms with Gasteiger partial charge in [0.25, 0.3) is 0 Å². The van der Waals surface area contributed by atoms with Crippen molar-refractivity contribution in [3.63, 3.8) is 0 Å². The predicted molar refractivity (Wildman–Crippen MR) is 126 cm³/mol. The van der Waals surface area contributed by atoms with Gasteiger partial charge in [-0.05, 0) is 47.4 Å². The maximum atomic E-state index is 14.2. The van der Waals surface area contributed by atoms with Crippen LogP contribution < -0.4 is 5.73 Å². The van der Waals surface area contributed by atoms with Crippen molar-refractivity contribution in [1.29, 1.82) is 0 Å². The molecule has 0 bridgehead atoms. The Labute approximate surface area is 227 Å². The minimum atomic E-state index is -4.68. The Bertz CT molecular complexity index is 1440. The fourth-order valence-corrected chi connectivity index (χ4v) is 5.27. The number of amides is 1. The summed E-state index contributed by atoms with van der Waals surface area (Å²) in [5.41, 5.74) is 6.63. The highest BCUT2D eigenvalue weighted by Gasteiger charge is 2.41. The summed E-state index contributed by atoms with van der Waals surface area (Å²) in [6.45, 7) is -0.501. The fraction of sp³-hybridized carbons (Fsp3) is 0.423. The van der Waals surface area contributed by atoms with Gasteiger partial charge >= 0.3 is 12.4 Å². The van der Waals surface area contributed by atoms with Gasteiger partial charge in [0, 0.05) is 31.5 Å². The van der Waals surface area contributed by atoms with E-state index in [2.05, 4.69) is 10.2 Å². The van der Waals surface area contributed by atoms with Crippen molar-refractivity contribution in [2.45, 2.75) is 63.0 Å². The number of nitrogens with zero attached hydrogens (tertiary/aromatic N) is 4. The van der Waals surface area contributed by atoms with E-state index in [0.29, 0.717) is 16.7 Å². The Morgan fingerprint density at radius 1 is 0.976 bits per heavy atom. The number of hydrogen-bond donors (Lipinski definition) is 1. The molecule has 3 unspecified atom stereocenters. The Balaban J connectivity index is 1.27. The van der Waals surface area contributed by atoms with Gasteiger partial charge in [-0.1, -0.05) is 12.1 Å². The molecule has 1 aliphatic heterocycles. The van der Waals surface area contributed by atoms with Crippen LogP contribution in [0.5, 0.6) is 0 Å². The smallest absolute Gasteiger partial charge is 0.369 e. The molecule has 2 heterocycles. The number of hydrogen-bond acceptors (Lipinski definition) is 5. The summed E-state index contributed by atoms with van der Waals surface area (Å²) in [5, 5.41) is 6.74. The van der Waals surface area contributed by atoms with Gasteiger partial charge in [-0.3, -0.25) is 4.79 Å². The molecule has 0 saturated heterocycles. The van der Waals surface area contributed by atoms with Gasteiger partial charge in [0.2, 0.25) is 11.7 Å². The Kier molecular flexibility index (Phi) is 7.53. The highest BCUT2D eigenvalue weighted by Crippen LogP contribution is 2.45. The third-order valence-electron chi connectivity index (χ3n) is 7.36. The van der Waals surface area contributed by atoms with Crippen molar-refractivity contribution in [3.05, 3.63) is 81.9 Å². The molecule has 2 N–H and O–H groups in total. The summed E-state index contributed by atoms with van der Waals surface area (Å²) < 4.78 is 113. The molecular formula is C26H23F8N5O2. The molecule has 2 aliphatic rings. The fourth-order valence-electron chi connectivity index (χ4n) is 5.27. The maximum Gasteiger partial charge on any atom is 0.451 e. The van der Waals surface area contributed by atoms with Gasteiger partial charge in [-0.25, -0.2) is 8.78 Å². The molecule has 3 aromatic rings.